The summed E-state index contributed by atoms with van der Waals surface area (Å²) in [5.74, 6) is 0. The van der Waals surface area contributed by atoms with Gasteiger partial charge in [0.2, 0.25) is 0 Å². The van der Waals surface area contributed by atoms with Gasteiger partial charge in [0.15, 0.2) is 0 Å². The summed E-state index contributed by atoms with van der Waals surface area (Å²) >= 11 is 0. The van der Waals surface area contributed by atoms with Crippen LogP contribution >= 0.6 is 0 Å². The number of nitrogens with one attached hydrogen (secondary N) is 2. The molecule has 1 atom stereocenters. The van der Waals surface area contributed by atoms with Gasteiger partial charge >= 0.3 is 0 Å². The highest BCUT2D eigenvalue weighted by Gasteiger charge is 2.31. The van der Waals surface area contributed by atoms with Gasteiger partial charge in [-0.1, -0.05) is 6.42 Å². The first-order chi connectivity index (χ1) is 6.79. The van der Waals surface area contributed by atoms with Crippen molar-refractivity contribution in [2.45, 2.75) is 50.2 Å². The Morgan fingerprint density at radius 2 is 2.07 bits per heavy atom. The lowest BCUT2D eigenvalue weighted by molar-refractivity contribution is 0.128. The van der Waals surface area contributed by atoms with Gasteiger partial charge in [0.05, 0.1) is 0 Å². The number of halogens is 1. The lowest BCUT2D eigenvalue weighted by Gasteiger charge is -2.31. The zero-order valence-corrected chi connectivity index (χ0v) is 8.82. The van der Waals surface area contributed by atoms with Crippen molar-refractivity contribution in [2.24, 2.45) is 0 Å². The van der Waals surface area contributed by atoms with Crippen molar-refractivity contribution >= 4 is 0 Å². The summed E-state index contributed by atoms with van der Waals surface area (Å²) in [4.78, 5) is 0. The molecule has 0 radical (unpaired) electrons. The first-order valence-electron chi connectivity index (χ1n) is 5.92. The maximum Gasteiger partial charge on any atom is 0.124 e. The molecular weight excluding hydrogens is 179 g/mol. The Balaban J connectivity index is 1.74. The van der Waals surface area contributed by atoms with Crippen LogP contribution in [-0.2, 0) is 0 Å². The van der Waals surface area contributed by atoms with Gasteiger partial charge in [0.1, 0.15) is 5.67 Å². The van der Waals surface area contributed by atoms with E-state index in [-0.39, 0.29) is 0 Å². The van der Waals surface area contributed by atoms with Crippen molar-refractivity contribution in [3.8, 4) is 0 Å². The fourth-order valence-electron chi connectivity index (χ4n) is 2.21. The maximum absolute atomic E-state index is 14.3. The van der Waals surface area contributed by atoms with E-state index in [9.17, 15) is 4.39 Å². The summed E-state index contributed by atoms with van der Waals surface area (Å²) in [5.41, 5.74) is -0.945. The highest BCUT2D eigenvalue weighted by atomic mass is 19.1. The SMILES string of the molecule is FC1(CNC2CCC2)CCCNCC1. The van der Waals surface area contributed by atoms with Crippen LogP contribution in [0.3, 0.4) is 0 Å². The molecule has 1 heterocycles. The molecule has 2 fully saturated rings. The molecule has 1 saturated carbocycles. The van der Waals surface area contributed by atoms with Gasteiger partial charge in [-0.3, -0.25) is 0 Å². The second-order valence-corrected chi connectivity index (χ2v) is 4.76. The smallest absolute Gasteiger partial charge is 0.124 e. The van der Waals surface area contributed by atoms with Crippen LogP contribution in [0.2, 0.25) is 0 Å². The molecule has 0 aromatic carbocycles. The van der Waals surface area contributed by atoms with Crippen LogP contribution in [-0.4, -0.2) is 31.3 Å². The Labute approximate surface area is 85.6 Å². The molecule has 1 aliphatic carbocycles. The molecule has 0 aromatic rings. The zero-order chi connectivity index (χ0) is 9.86. The van der Waals surface area contributed by atoms with E-state index in [2.05, 4.69) is 10.6 Å². The minimum Gasteiger partial charge on any atom is -0.317 e. The van der Waals surface area contributed by atoms with E-state index in [0.29, 0.717) is 19.0 Å². The molecule has 1 unspecified atom stereocenters. The quantitative estimate of drug-likeness (QED) is 0.723. The van der Waals surface area contributed by atoms with Gasteiger partial charge in [0.25, 0.3) is 0 Å². The summed E-state index contributed by atoms with van der Waals surface area (Å²) in [6, 6.07) is 0.610. The van der Waals surface area contributed by atoms with Gasteiger partial charge in [-0.25, -0.2) is 4.39 Å². The average Bonchev–Trinajstić information content (AvgIpc) is 2.28. The summed E-state index contributed by atoms with van der Waals surface area (Å²) in [6.45, 7) is 2.39. The van der Waals surface area contributed by atoms with Crippen LogP contribution in [0.5, 0.6) is 0 Å². The molecule has 1 aliphatic heterocycles. The van der Waals surface area contributed by atoms with Crippen LogP contribution in [0.25, 0.3) is 0 Å². The van der Waals surface area contributed by atoms with E-state index in [1.807, 2.05) is 0 Å². The third-order valence-corrected chi connectivity index (χ3v) is 3.54. The predicted molar refractivity (Wildman–Crippen MR) is 56.2 cm³/mol. The monoisotopic (exact) mass is 200 g/mol. The Bertz CT molecular complexity index is 172. The van der Waals surface area contributed by atoms with Crippen LogP contribution in [0.1, 0.15) is 38.5 Å². The average molecular weight is 200 g/mol. The van der Waals surface area contributed by atoms with E-state index in [1.54, 1.807) is 0 Å². The van der Waals surface area contributed by atoms with E-state index in [0.717, 1.165) is 25.9 Å². The fraction of sp³-hybridized carbons (Fsp3) is 1.00. The van der Waals surface area contributed by atoms with E-state index in [1.165, 1.54) is 19.3 Å². The summed E-state index contributed by atoms with van der Waals surface area (Å²) in [5, 5.41) is 6.60. The zero-order valence-electron chi connectivity index (χ0n) is 8.82. The Morgan fingerprint density at radius 3 is 2.79 bits per heavy atom. The highest BCUT2D eigenvalue weighted by molar-refractivity contribution is 4.88. The molecule has 14 heavy (non-hydrogen) atoms. The molecule has 3 heteroatoms. The summed E-state index contributed by atoms with van der Waals surface area (Å²) < 4.78 is 14.3. The van der Waals surface area contributed by atoms with Gasteiger partial charge in [0, 0.05) is 12.6 Å². The van der Waals surface area contributed by atoms with Crippen LogP contribution < -0.4 is 10.6 Å². The van der Waals surface area contributed by atoms with Gasteiger partial charge in [-0.15, -0.1) is 0 Å². The minimum absolute atomic E-state index is 0.569. The molecule has 0 amide bonds. The lowest BCUT2D eigenvalue weighted by Crippen LogP contribution is -2.44. The number of rotatable bonds is 3. The largest absolute Gasteiger partial charge is 0.317 e. The molecule has 0 bridgehead atoms. The normalized spacial score (nSPS) is 34.9. The minimum atomic E-state index is -0.945. The topological polar surface area (TPSA) is 24.1 Å². The summed E-state index contributed by atoms with van der Waals surface area (Å²) in [7, 11) is 0. The molecule has 1 saturated heterocycles. The molecule has 0 spiro atoms. The van der Waals surface area contributed by atoms with E-state index >= 15 is 0 Å². The Morgan fingerprint density at radius 1 is 1.21 bits per heavy atom. The maximum atomic E-state index is 14.3. The summed E-state index contributed by atoms with van der Waals surface area (Å²) in [6.07, 6.45) is 6.18. The number of hydrogen-bond donors (Lipinski definition) is 2. The molecule has 0 aromatic heterocycles. The number of hydrogen-bond acceptors (Lipinski definition) is 2. The van der Waals surface area contributed by atoms with Crippen molar-refractivity contribution in [3.63, 3.8) is 0 Å². The van der Waals surface area contributed by atoms with E-state index in [4.69, 9.17) is 0 Å². The second kappa shape index (κ2) is 4.58. The van der Waals surface area contributed by atoms with E-state index < -0.39 is 5.67 Å². The molecule has 2 aliphatic rings. The molecule has 2 rings (SSSR count). The van der Waals surface area contributed by atoms with Gasteiger partial charge in [-0.05, 0) is 45.2 Å². The Kier molecular flexibility index (Phi) is 3.39. The molecule has 82 valence electrons. The number of alkyl halides is 1. The van der Waals surface area contributed by atoms with Crippen molar-refractivity contribution in [3.05, 3.63) is 0 Å². The standard InChI is InChI=1S/C11H21FN2/c12-11(5-2-7-13-8-6-11)9-14-10-3-1-4-10/h10,13-14H,1-9H2. The van der Waals surface area contributed by atoms with Crippen molar-refractivity contribution in [2.75, 3.05) is 19.6 Å². The predicted octanol–water partition coefficient (Wildman–Crippen LogP) is 1.61. The van der Waals surface area contributed by atoms with Crippen molar-refractivity contribution < 1.29 is 4.39 Å². The van der Waals surface area contributed by atoms with Crippen molar-refractivity contribution in [1.82, 2.24) is 10.6 Å². The van der Waals surface area contributed by atoms with Crippen molar-refractivity contribution in [1.29, 1.82) is 0 Å². The van der Waals surface area contributed by atoms with Crippen LogP contribution in [0.4, 0.5) is 4.39 Å². The second-order valence-electron chi connectivity index (χ2n) is 4.76. The third-order valence-electron chi connectivity index (χ3n) is 3.54. The third kappa shape index (κ3) is 2.67. The molecular formula is C11H21FN2. The lowest BCUT2D eigenvalue weighted by atomic mass is 9.91. The highest BCUT2D eigenvalue weighted by Crippen LogP contribution is 2.25. The first-order valence-corrected chi connectivity index (χ1v) is 5.92. The molecule has 2 nitrogen and oxygen atoms in total. The van der Waals surface area contributed by atoms with Crippen LogP contribution in [0.15, 0.2) is 0 Å². The Hall–Kier alpha value is -0.150. The van der Waals surface area contributed by atoms with Gasteiger partial charge in [-0.2, -0.15) is 0 Å². The molecule has 2 N–H and O–H groups in total. The first kappa shape index (κ1) is 10.4. The van der Waals surface area contributed by atoms with Crippen LogP contribution in [0, 0.1) is 0 Å². The fourth-order valence-corrected chi connectivity index (χ4v) is 2.21. The van der Waals surface area contributed by atoms with Gasteiger partial charge < -0.3 is 10.6 Å².